The number of hydrogen-bond acceptors (Lipinski definition) is 3. The molecule has 88 valence electrons. The van der Waals surface area contributed by atoms with Crippen LogP contribution < -0.4 is 0 Å². The third-order valence-electron chi connectivity index (χ3n) is 1.81. The van der Waals surface area contributed by atoms with Crippen LogP contribution in [0.4, 0.5) is 0 Å². The van der Waals surface area contributed by atoms with Crippen LogP contribution in [0, 0.1) is 0 Å². The molecule has 0 saturated heterocycles. The quantitative estimate of drug-likeness (QED) is 0.779. The zero-order valence-corrected chi connectivity index (χ0v) is 10.9. The van der Waals surface area contributed by atoms with Crippen LogP contribution in [0.5, 0.6) is 0 Å². The molecular weight excluding hydrogens is 273 g/mol. The van der Waals surface area contributed by atoms with Crippen LogP contribution >= 0.6 is 22.3 Å². The van der Waals surface area contributed by atoms with E-state index >= 15 is 0 Å². The summed E-state index contributed by atoms with van der Waals surface area (Å²) in [5.74, 6) is -0.343. The van der Waals surface area contributed by atoms with Crippen molar-refractivity contribution in [3.8, 4) is 0 Å². The topological polar surface area (TPSA) is 54.5 Å². The zero-order valence-electron chi connectivity index (χ0n) is 8.57. The van der Waals surface area contributed by atoms with Gasteiger partial charge in [0, 0.05) is 35.4 Å². The van der Waals surface area contributed by atoms with Gasteiger partial charge in [0.05, 0.1) is 4.90 Å². The molecule has 1 aromatic rings. The zero-order chi connectivity index (χ0) is 12.5. The van der Waals surface area contributed by atoms with Gasteiger partial charge in [0.25, 0.3) is 15.0 Å². The fraction of sp³-hybridized carbons (Fsp3) is 0.222. The molecule has 0 saturated carbocycles. The van der Waals surface area contributed by atoms with Gasteiger partial charge in [-0.05, 0) is 18.2 Å². The van der Waals surface area contributed by atoms with Crippen molar-refractivity contribution in [1.29, 1.82) is 0 Å². The number of hydrogen-bond donors (Lipinski definition) is 0. The molecule has 16 heavy (non-hydrogen) atoms. The molecule has 0 aliphatic heterocycles. The Hall–Kier alpha value is -0.780. The molecule has 7 heteroatoms. The molecule has 1 aromatic carbocycles. The van der Waals surface area contributed by atoms with E-state index in [-0.39, 0.29) is 21.4 Å². The first-order valence-corrected chi connectivity index (χ1v) is 6.87. The Morgan fingerprint density at radius 1 is 1.25 bits per heavy atom. The molecule has 0 aliphatic rings. The monoisotopic (exact) mass is 281 g/mol. The highest BCUT2D eigenvalue weighted by Gasteiger charge is 2.16. The van der Waals surface area contributed by atoms with E-state index in [0.717, 1.165) is 0 Å². The maximum Gasteiger partial charge on any atom is 0.261 e. The normalized spacial score (nSPS) is 11.2. The van der Waals surface area contributed by atoms with Crippen LogP contribution in [0.15, 0.2) is 23.1 Å². The number of carbonyl (C=O) groups excluding carboxylic acids is 1. The van der Waals surface area contributed by atoms with E-state index in [1.165, 1.54) is 23.1 Å². The third-order valence-corrected chi connectivity index (χ3v) is 3.36. The molecule has 0 radical (unpaired) electrons. The number of carbonyl (C=O) groups is 1. The smallest absolute Gasteiger partial charge is 0.261 e. The summed E-state index contributed by atoms with van der Waals surface area (Å²) in [7, 11) is 4.39. The third kappa shape index (κ3) is 3.10. The fourth-order valence-corrected chi connectivity index (χ4v) is 2.19. The predicted octanol–water partition coefficient (Wildman–Crippen LogP) is 1.97. The van der Waals surface area contributed by atoms with E-state index in [1.807, 2.05) is 0 Å². The second-order valence-electron chi connectivity index (χ2n) is 3.31. The molecule has 0 fully saturated rings. The van der Waals surface area contributed by atoms with Crippen molar-refractivity contribution in [2.75, 3.05) is 14.1 Å². The van der Waals surface area contributed by atoms with Gasteiger partial charge in [-0.2, -0.15) is 0 Å². The van der Waals surface area contributed by atoms with Crippen LogP contribution in [0.2, 0.25) is 5.02 Å². The lowest BCUT2D eigenvalue weighted by Crippen LogP contribution is -2.21. The number of rotatable bonds is 2. The number of benzene rings is 1. The van der Waals surface area contributed by atoms with Crippen LogP contribution in [-0.2, 0) is 9.05 Å². The van der Waals surface area contributed by atoms with Crippen molar-refractivity contribution in [3.05, 3.63) is 28.8 Å². The minimum absolute atomic E-state index is 0.145. The van der Waals surface area contributed by atoms with Crippen LogP contribution in [0.25, 0.3) is 0 Å². The van der Waals surface area contributed by atoms with Gasteiger partial charge in [0.1, 0.15) is 0 Å². The Morgan fingerprint density at radius 3 is 2.25 bits per heavy atom. The molecule has 0 spiro atoms. The Balaban J connectivity index is 3.35. The molecule has 0 N–H and O–H groups in total. The number of nitrogens with zero attached hydrogens (tertiary/aromatic N) is 1. The Morgan fingerprint density at radius 2 is 1.81 bits per heavy atom. The van der Waals surface area contributed by atoms with E-state index < -0.39 is 9.05 Å². The van der Waals surface area contributed by atoms with Gasteiger partial charge in [0.15, 0.2) is 0 Å². The summed E-state index contributed by atoms with van der Waals surface area (Å²) >= 11 is 5.71. The summed E-state index contributed by atoms with van der Waals surface area (Å²) in [5, 5.41) is 0.145. The van der Waals surface area contributed by atoms with Gasteiger partial charge in [-0.25, -0.2) is 8.42 Å². The average molecular weight is 282 g/mol. The minimum atomic E-state index is -3.89. The van der Waals surface area contributed by atoms with Crippen LogP contribution in [0.3, 0.4) is 0 Å². The molecular formula is C9H9Cl2NO3S. The number of halogens is 2. The Labute approximate surface area is 103 Å². The number of amides is 1. The molecule has 0 bridgehead atoms. The minimum Gasteiger partial charge on any atom is -0.345 e. The molecule has 4 nitrogen and oxygen atoms in total. The maximum atomic E-state index is 11.6. The van der Waals surface area contributed by atoms with Gasteiger partial charge < -0.3 is 4.90 Å². The molecule has 0 aliphatic carbocycles. The summed E-state index contributed by atoms with van der Waals surface area (Å²) in [6, 6.07) is 3.77. The first-order chi connectivity index (χ1) is 7.21. The first-order valence-electron chi connectivity index (χ1n) is 4.18. The lowest BCUT2D eigenvalue weighted by atomic mass is 10.2. The van der Waals surface area contributed by atoms with Crippen LogP contribution in [-0.4, -0.2) is 33.3 Å². The first kappa shape index (κ1) is 13.3. The standard InChI is InChI=1S/C9H9Cl2NO3S/c1-12(2)9(13)6-3-7(10)5-8(4-6)16(11,14)15/h3-5H,1-2H3. The van der Waals surface area contributed by atoms with Crippen molar-refractivity contribution in [2.24, 2.45) is 0 Å². The van der Waals surface area contributed by atoms with Gasteiger partial charge in [-0.1, -0.05) is 11.6 Å². The molecule has 0 atom stereocenters. The lowest BCUT2D eigenvalue weighted by Gasteiger charge is -2.11. The summed E-state index contributed by atoms with van der Waals surface area (Å²) in [5.41, 5.74) is 0.178. The van der Waals surface area contributed by atoms with E-state index in [9.17, 15) is 13.2 Å². The summed E-state index contributed by atoms with van der Waals surface area (Å²) < 4.78 is 22.2. The van der Waals surface area contributed by atoms with E-state index in [1.54, 1.807) is 14.1 Å². The van der Waals surface area contributed by atoms with Crippen LogP contribution in [0.1, 0.15) is 10.4 Å². The predicted molar refractivity (Wildman–Crippen MR) is 62.5 cm³/mol. The highest BCUT2D eigenvalue weighted by Crippen LogP contribution is 2.22. The van der Waals surface area contributed by atoms with Gasteiger partial charge >= 0.3 is 0 Å². The second kappa shape index (κ2) is 4.61. The van der Waals surface area contributed by atoms with Crippen molar-refractivity contribution in [3.63, 3.8) is 0 Å². The maximum absolute atomic E-state index is 11.6. The Kier molecular flexibility index (Phi) is 3.83. The summed E-state index contributed by atoms with van der Waals surface area (Å²) in [4.78, 5) is 12.7. The summed E-state index contributed by atoms with van der Waals surface area (Å²) in [6.45, 7) is 0. The van der Waals surface area contributed by atoms with Crippen molar-refractivity contribution >= 4 is 37.2 Å². The molecule has 0 heterocycles. The highest BCUT2D eigenvalue weighted by atomic mass is 35.7. The summed E-state index contributed by atoms with van der Waals surface area (Å²) in [6.07, 6.45) is 0. The van der Waals surface area contributed by atoms with Gasteiger partial charge in [-0.15, -0.1) is 0 Å². The second-order valence-corrected chi connectivity index (χ2v) is 6.32. The molecule has 0 unspecified atom stereocenters. The van der Waals surface area contributed by atoms with E-state index in [0.29, 0.717) is 0 Å². The van der Waals surface area contributed by atoms with Crippen molar-refractivity contribution in [2.45, 2.75) is 4.90 Å². The van der Waals surface area contributed by atoms with E-state index in [4.69, 9.17) is 22.3 Å². The van der Waals surface area contributed by atoms with Gasteiger partial charge in [-0.3, -0.25) is 4.79 Å². The molecule has 0 aromatic heterocycles. The van der Waals surface area contributed by atoms with E-state index in [2.05, 4.69) is 0 Å². The Bertz CT molecular complexity index is 526. The molecule has 1 amide bonds. The largest absolute Gasteiger partial charge is 0.345 e. The van der Waals surface area contributed by atoms with Crippen molar-refractivity contribution in [1.82, 2.24) is 4.90 Å². The molecule has 1 rings (SSSR count). The fourth-order valence-electron chi connectivity index (χ4n) is 1.09. The average Bonchev–Trinajstić information content (AvgIpc) is 2.14. The van der Waals surface area contributed by atoms with Crippen molar-refractivity contribution < 1.29 is 13.2 Å². The SMILES string of the molecule is CN(C)C(=O)c1cc(Cl)cc(S(=O)(=O)Cl)c1. The highest BCUT2D eigenvalue weighted by molar-refractivity contribution is 8.13. The lowest BCUT2D eigenvalue weighted by molar-refractivity contribution is 0.0827. The van der Waals surface area contributed by atoms with Gasteiger partial charge in [0.2, 0.25) is 0 Å².